The molecule has 3 saturated carbocycles. The molecule has 0 heterocycles. The first kappa shape index (κ1) is 26.3. The molecule has 0 N–H and O–H groups in total. The summed E-state index contributed by atoms with van der Waals surface area (Å²) < 4.78 is 39.1. The molecule has 0 bridgehead atoms. The lowest BCUT2D eigenvalue weighted by atomic mass is 9.61. The molecule has 0 amide bonds. The summed E-state index contributed by atoms with van der Waals surface area (Å²) in [6.07, 6.45) is 16.0. The fourth-order valence-electron chi connectivity index (χ4n) is 7.47. The van der Waals surface area contributed by atoms with E-state index in [0.717, 1.165) is 35.2 Å². The average molecular weight is 509 g/mol. The zero-order chi connectivity index (χ0) is 25.8. The van der Waals surface area contributed by atoms with Crippen LogP contribution in [0.5, 0.6) is 11.5 Å². The van der Waals surface area contributed by atoms with Crippen LogP contribution in [0.15, 0.2) is 49.1 Å². The third kappa shape index (κ3) is 6.04. The van der Waals surface area contributed by atoms with E-state index in [9.17, 15) is 8.78 Å². The second-order valence-electron chi connectivity index (χ2n) is 11.7. The third-order valence-electron chi connectivity index (χ3n) is 9.62. The van der Waals surface area contributed by atoms with Crippen LogP contribution in [-0.2, 0) is 6.61 Å². The first-order valence-corrected chi connectivity index (χ1v) is 14.5. The van der Waals surface area contributed by atoms with Gasteiger partial charge in [0, 0.05) is 0 Å². The van der Waals surface area contributed by atoms with Gasteiger partial charge in [-0.15, -0.1) is 6.58 Å². The molecule has 4 atom stereocenters. The largest absolute Gasteiger partial charge is 0.491 e. The molecular weight excluding hydrogens is 466 g/mol. The predicted octanol–water partition coefficient (Wildman–Crippen LogP) is 9.23. The van der Waals surface area contributed by atoms with Gasteiger partial charge < -0.3 is 9.47 Å². The molecule has 3 aliphatic carbocycles. The van der Waals surface area contributed by atoms with Gasteiger partial charge in [0.1, 0.15) is 6.61 Å². The van der Waals surface area contributed by atoms with Crippen LogP contribution in [0.4, 0.5) is 8.78 Å². The Morgan fingerprint density at radius 3 is 1.95 bits per heavy atom. The first-order valence-electron chi connectivity index (χ1n) is 14.5. The minimum atomic E-state index is -1.00. The minimum Gasteiger partial charge on any atom is -0.491 e. The van der Waals surface area contributed by atoms with Crippen LogP contribution in [0.2, 0.25) is 0 Å². The Hall–Kier alpha value is -2.36. The maximum atomic E-state index is 14.3. The summed E-state index contributed by atoms with van der Waals surface area (Å²) in [6, 6.07) is 11.4. The van der Waals surface area contributed by atoms with Crippen molar-refractivity contribution in [2.75, 3.05) is 6.61 Å². The highest BCUT2D eigenvalue weighted by atomic mass is 19.2. The molecule has 3 fully saturated rings. The zero-order valence-corrected chi connectivity index (χ0v) is 22.3. The molecule has 2 aromatic rings. The van der Waals surface area contributed by atoms with Crippen molar-refractivity contribution in [2.45, 2.75) is 83.7 Å². The van der Waals surface area contributed by atoms with Gasteiger partial charge in [0.25, 0.3) is 0 Å². The van der Waals surface area contributed by atoms with Gasteiger partial charge in [-0.05, 0) is 130 Å². The summed E-state index contributed by atoms with van der Waals surface area (Å²) in [6.45, 7) is 6.26. The number of rotatable bonds is 8. The van der Waals surface area contributed by atoms with Gasteiger partial charge in [-0.25, -0.2) is 0 Å². The highest BCUT2D eigenvalue weighted by Crippen LogP contribution is 2.50. The van der Waals surface area contributed by atoms with Crippen molar-refractivity contribution in [1.29, 1.82) is 0 Å². The van der Waals surface area contributed by atoms with Crippen LogP contribution in [0.3, 0.4) is 0 Å². The maximum Gasteiger partial charge on any atom is 0.204 e. The van der Waals surface area contributed by atoms with Gasteiger partial charge in [0.2, 0.25) is 11.6 Å². The van der Waals surface area contributed by atoms with Crippen LogP contribution in [0, 0.1) is 41.2 Å². The quantitative estimate of drug-likeness (QED) is 0.331. The number of fused-ring (bicyclic) bond motifs is 1. The van der Waals surface area contributed by atoms with Gasteiger partial charge in [-0.2, -0.15) is 8.78 Å². The molecule has 2 aromatic carbocycles. The Bertz CT molecular complexity index is 1040. The van der Waals surface area contributed by atoms with Gasteiger partial charge >= 0.3 is 0 Å². The molecule has 4 unspecified atom stereocenters. The van der Waals surface area contributed by atoms with Gasteiger partial charge in [-0.3, -0.25) is 0 Å². The van der Waals surface area contributed by atoms with Crippen molar-refractivity contribution >= 4 is 0 Å². The molecular formula is C33H42F2O2. The normalized spacial score (nSPS) is 29.8. The molecule has 4 heteroatoms. The van der Waals surface area contributed by atoms with Crippen molar-refractivity contribution < 1.29 is 18.3 Å². The highest BCUT2D eigenvalue weighted by molar-refractivity contribution is 5.35. The molecule has 0 aromatic heterocycles. The predicted molar refractivity (Wildman–Crippen MR) is 145 cm³/mol. The second-order valence-corrected chi connectivity index (χ2v) is 11.7. The van der Waals surface area contributed by atoms with Crippen LogP contribution >= 0.6 is 0 Å². The van der Waals surface area contributed by atoms with E-state index < -0.39 is 11.6 Å². The van der Waals surface area contributed by atoms with E-state index >= 15 is 0 Å². The van der Waals surface area contributed by atoms with Crippen LogP contribution < -0.4 is 9.47 Å². The molecule has 0 spiro atoms. The van der Waals surface area contributed by atoms with E-state index in [4.69, 9.17) is 9.47 Å². The lowest BCUT2D eigenvalue weighted by molar-refractivity contribution is 0.0719. The number of hydrogen-bond acceptors (Lipinski definition) is 2. The Balaban J connectivity index is 1.10. The maximum absolute atomic E-state index is 14.3. The summed E-state index contributed by atoms with van der Waals surface area (Å²) in [5.74, 6) is 2.98. The second kappa shape index (κ2) is 12.0. The van der Waals surface area contributed by atoms with E-state index in [-0.39, 0.29) is 24.7 Å². The standard InChI is InChI=1S/C33H42F2O2/c1-3-22-5-10-29-20-28(16-15-27(29)19-22)26-13-11-25(12-14-26)24-8-6-23(7-9-24)21-37-31-18-17-30(36-4-2)32(34)33(31)35/h3,6-9,17-18,22,25-29H,1,4-5,10-16,19-21H2,2H3. The van der Waals surface area contributed by atoms with Gasteiger partial charge in [0.15, 0.2) is 11.5 Å². The molecule has 3 aliphatic rings. The molecule has 0 aliphatic heterocycles. The fraction of sp³-hybridized carbons (Fsp3) is 0.576. The molecule has 2 nitrogen and oxygen atoms in total. The molecule has 0 radical (unpaired) electrons. The van der Waals surface area contributed by atoms with Crippen molar-refractivity contribution in [3.63, 3.8) is 0 Å². The van der Waals surface area contributed by atoms with Crippen LogP contribution in [0.25, 0.3) is 0 Å². The minimum absolute atomic E-state index is 0.0882. The topological polar surface area (TPSA) is 18.5 Å². The van der Waals surface area contributed by atoms with E-state index in [0.29, 0.717) is 5.92 Å². The van der Waals surface area contributed by atoms with Crippen molar-refractivity contribution in [2.24, 2.45) is 29.6 Å². The zero-order valence-electron chi connectivity index (χ0n) is 22.3. The average Bonchev–Trinajstić information content (AvgIpc) is 2.95. The monoisotopic (exact) mass is 508 g/mol. The smallest absolute Gasteiger partial charge is 0.204 e. The number of allylic oxidation sites excluding steroid dienone is 1. The van der Waals surface area contributed by atoms with Crippen LogP contribution in [-0.4, -0.2) is 6.61 Å². The van der Waals surface area contributed by atoms with E-state index in [2.05, 4.69) is 36.9 Å². The van der Waals surface area contributed by atoms with Gasteiger partial charge in [0.05, 0.1) is 6.61 Å². The number of halogens is 2. The summed E-state index contributed by atoms with van der Waals surface area (Å²) in [4.78, 5) is 0. The Kier molecular flexibility index (Phi) is 8.52. The van der Waals surface area contributed by atoms with E-state index in [1.165, 1.54) is 81.9 Å². The molecule has 5 rings (SSSR count). The number of hydrogen-bond donors (Lipinski definition) is 0. The Labute approximate surface area is 221 Å². The number of benzene rings is 2. The highest BCUT2D eigenvalue weighted by Gasteiger charge is 2.38. The molecule has 37 heavy (non-hydrogen) atoms. The van der Waals surface area contributed by atoms with Crippen molar-refractivity contribution in [3.8, 4) is 11.5 Å². The van der Waals surface area contributed by atoms with E-state index in [1.807, 2.05) is 0 Å². The summed E-state index contributed by atoms with van der Waals surface area (Å²) in [7, 11) is 0. The van der Waals surface area contributed by atoms with Crippen molar-refractivity contribution in [1.82, 2.24) is 0 Å². The third-order valence-corrected chi connectivity index (χ3v) is 9.62. The molecule has 200 valence electrons. The Morgan fingerprint density at radius 2 is 1.30 bits per heavy atom. The molecule has 0 saturated heterocycles. The first-order chi connectivity index (χ1) is 18.1. The lowest BCUT2D eigenvalue weighted by Gasteiger charge is -2.45. The van der Waals surface area contributed by atoms with E-state index in [1.54, 1.807) is 6.92 Å². The number of ether oxygens (including phenoxy) is 2. The van der Waals surface area contributed by atoms with Crippen molar-refractivity contribution in [3.05, 3.63) is 71.8 Å². The fourth-order valence-corrected chi connectivity index (χ4v) is 7.47. The summed E-state index contributed by atoms with van der Waals surface area (Å²) in [5.41, 5.74) is 2.35. The summed E-state index contributed by atoms with van der Waals surface area (Å²) >= 11 is 0. The van der Waals surface area contributed by atoms with Gasteiger partial charge in [-0.1, -0.05) is 30.3 Å². The SMILES string of the molecule is C=CC1CCC2CC(C3CCC(c4ccc(COc5ccc(OCC)c(F)c5F)cc4)CC3)CCC2C1. The van der Waals surface area contributed by atoms with Crippen LogP contribution in [0.1, 0.15) is 88.2 Å². The Morgan fingerprint density at radius 1 is 0.730 bits per heavy atom. The summed E-state index contributed by atoms with van der Waals surface area (Å²) in [5, 5.41) is 0. The lowest BCUT2D eigenvalue weighted by Crippen LogP contribution is -2.34.